The molecule has 2 aromatic heterocycles. The number of imidazole rings is 1. The first kappa shape index (κ1) is 18.0. The standard InChI is InChI=1S/C20H25N5OS/c1-13(2)18-21-14(3)17(27-18)19(26)24-9-6-10-25(12-11-24)20-22-15-7-4-5-8-16(15)23-20/h4-5,7-8,13H,6,9-12H2,1-3H3,(H,22,23). The monoisotopic (exact) mass is 383 g/mol. The second kappa shape index (κ2) is 7.31. The number of rotatable bonds is 3. The van der Waals surface area contributed by atoms with Gasteiger partial charge >= 0.3 is 0 Å². The van der Waals surface area contributed by atoms with Crippen molar-refractivity contribution < 1.29 is 4.79 Å². The Morgan fingerprint density at radius 2 is 1.96 bits per heavy atom. The predicted molar refractivity (Wildman–Crippen MR) is 110 cm³/mol. The third kappa shape index (κ3) is 3.56. The van der Waals surface area contributed by atoms with E-state index in [9.17, 15) is 4.79 Å². The van der Waals surface area contributed by atoms with Crippen LogP contribution in [-0.4, -0.2) is 51.9 Å². The quantitative estimate of drug-likeness (QED) is 0.747. The number of carbonyl (C=O) groups is 1. The van der Waals surface area contributed by atoms with E-state index >= 15 is 0 Å². The van der Waals surface area contributed by atoms with Crippen molar-refractivity contribution in [2.75, 3.05) is 31.1 Å². The van der Waals surface area contributed by atoms with Gasteiger partial charge in [0.05, 0.1) is 21.7 Å². The van der Waals surface area contributed by atoms with E-state index < -0.39 is 0 Å². The van der Waals surface area contributed by atoms with Gasteiger partial charge in [-0.05, 0) is 25.5 Å². The molecule has 3 heterocycles. The summed E-state index contributed by atoms with van der Waals surface area (Å²) in [6.45, 7) is 9.30. The van der Waals surface area contributed by atoms with E-state index in [1.807, 2.05) is 36.1 Å². The summed E-state index contributed by atoms with van der Waals surface area (Å²) in [5, 5.41) is 1.04. The Morgan fingerprint density at radius 1 is 1.15 bits per heavy atom. The van der Waals surface area contributed by atoms with Gasteiger partial charge in [-0.2, -0.15) is 0 Å². The van der Waals surface area contributed by atoms with Gasteiger partial charge in [0, 0.05) is 32.1 Å². The molecule has 1 aromatic carbocycles. The minimum atomic E-state index is 0.114. The van der Waals surface area contributed by atoms with Gasteiger partial charge < -0.3 is 14.8 Å². The third-order valence-electron chi connectivity index (χ3n) is 4.96. The summed E-state index contributed by atoms with van der Waals surface area (Å²) in [6.07, 6.45) is 0.928. The molecule has 27 heavy (non-hydrogen) atoms. The van der Waals surface area contributed by atoms with Crippen LogP contribution in [0.25, 0.3) is 11.0 Å². The van der Waals surface area contributed by atoms with Gasteiger partial charge in [0.25, 0.3) is 5.91 Å². The topological polar surface area (TPSA) is 65.1 Å². The Morgan fingerprint density at radius 3 is 2.70 bits per heavy atom. The second-order valence-electron chi connectivity index (χ2n) is 7.33. The summed E-state index contributed by atoms with van der Waals surface area (Å²) >= 11 is 1.54. The van der Waals surface area contributed by atoms with E-state index in [-0.39, 0.29) is 5.91 Å². The molecule has 1 amide bonds. The molecule has 0 spiro atoms. The summed E-state index contributed by atoms with van der Waals surface area (Å²) in [5.74, 6) is 1.35. The minimum absolute atomic E-state index is 0.114. The zero-order chi connectivity index (χ0) is 19.0. The first-order chi connectivity index (χ1) is 13.0. The van der Waals surface area contributed by atoms with Crippen LogP contribution < -0.4 is 4.90 Å². The van der Waals surface area contributed by atoms with Crippen LogP contribution >= 0.6 is 11.3 Å². The Hall–Kier alpha value is -2.41. The molecule has 1 aliphatic rings. The fourth-order valence-electron chi connectivity index (χ4n) is 3.43. The SMILES string of the molecule is Cc1nc(C(C)C)sc1C(=O)N1CCCN(c2nc3ccccc3[nH]2)CC1. The van der Waals surface area contributed by atoms with Gasteiger partial charge in [-0.3, -0.25) is 4.79 Å². The van der Waals surface area contributed by atoms with Crippen LogP contribution in [0.3, 0.4) is 0 Å². The smallest absolute Gasteiger partial charge is 0.265 e. The number of benzene rings is 1. The number of anilines is 1. The molecule has 1 aliphatic heterocycles. The fourth-order valence-corrected chi connectivity index (χ4v) is 4.46. The number of aromatic nitrogens is 3. The number of H-pyrrole nitrogens is 1. The summed E-state index contributed by atoms with van der Waals surface area (Å²) in [5.41, 5.74) is 2.88. The maximum Gasteiger partial charge on any atom is 0.265 e. The van der Waals surface area contributed by atoms with Gasteiger partial charge in [-0.15, -0.1) is 11.3 Å². The highest BCUT2D eigenvalue weighted by Crippen LogP contribution is 2.26. The van der Waals surface area contributed by atoms with Gasteiger partial charge in [0.2, 0.25) is 5.95 Å². The van der Waals surface area contributed by atoms with Crippen molar-refractivity contribution in [2.24, 2.45) is 0 Å². The largest absolute Gasteiger partial charge is 0.341 e. The zero-order valence-electron chi connectivity index (χ0n) is 16.0. The number of nitrogens with one attached hydrogen (secondary N) is 1. The highest BCUT2D eigenvalue weighted by atomic mass is 32.1. The third-order valence-corrected chi connectivity index (χ3v) is 6.41. The van der Waals surface area contributed by atoms with Gasteiger partial charge in [0.15, 0.2) is 0 Å². The van der Waals surface area contributed by atoms with Crippen LogP contribution in [-0.2, 0) is 0 Å². The second-order valence-corrected chi connectivity index (χ2v) is 8.36. The molecule has 3 aromatic rings. The van der Waals surface area contributed by atoms with Crippen molar-refractivity contribution in [3.63, 3.8) is 0 Å². The molecule has 0 saturated carbocycles. The summed E-state index contributed by atoms with van der Waals surface area (Å²) in [4.78, 5) is 30.7. The minimum Gasteiger partial charge on any atom is -0.341 e. The van der Waals surface area contributed by atoms with Crippen molar-refractivity contribution in [3.05, 3.63) is 39.8 Å². The molecule has 0 aliphatic carbocycles. The number of carbonyl (C=O) groups excluding carboxylic acids is 1. The van der Waals surface area contributed by atoms with E-state index in [1.165, 1.54) is 0 Å². The number of thiazole rings is 1. The number of hydrogen-bond acceptors (Lipinski definition) is 5. The molecule has 0 radical (unpaired) electrons. The first-order valence-electron chi connectivity index (χ1n) is 9.49. The van der Waals surface area contributed by atoms with Gasteiger partial charge in [-0.25, -0.2) is 9.97 Å². The zero-order valence-corrected chi connectivity index (χ0v) is 16.8. The molecule has 142 valence electrons. The maximum atomic E-state index is 13.0. The Bertz CT molecular complexity index is 927. The lowest BCUT2D eigenvalue weighted by Crippen LogP contribution is -2.35. The number of aromatic amines is 1. The molecule has 1 saturated heterocycles. The van der Waals surface area contributed by atoms with Gasteiger partial charge in [-0.1, -0.05) is 26.0 Å². The Balaban J connectivity index is 1.49. The number of hydrogen-bond donors (Lipinski definition) is 1. The molecule has 4 rings (SSSR count). The van der Waals surface area contributed by atoms with Crippen molar-refractivity contribution in [3.8, 4) is 0 Å². The molecular weight excluding hydrogens is 358 g/mol. The van der Waals surface area contributed by atoms with Crippen LogP contribution in [0.4, 0.5) is 5.95 Å². The fraction of sp³-hybridized carbons (Fsp3) is 0.450. The number of nitrogens with zero attached hydrogens (tertiary/aromatic N) is 4. The molecule has 0 atom stereocenters. The van der Waals surface area contributed by atoms with Crippen molar-refractivity contribution in [1.29, 1.82) is 0 Å². The average molecular weight is 384 g/mol. The normalized spacial score (nSPS) is 15.6. The number of fused-ring (bicyclic) bond motifs is 1. The molecule has 0 bridgehead atoms. The molecular formula is C20H25N5OS. The van der Waals surface area contributed by atoms with Crippen molar-refractivity contribution in [1.82, 2.24) is 19.9 Å². The van der Waals surface area contributed by atoms with E-state index in [0.717, 1.165) is 58.6 Å². The lowest BCUT2D eigenvalue weighted by atomic mass is 10.2. The predicted octanol–water partition coefficient (Wildman–Crippen LogP) is 3.80. The lowest BCUT2D eigenvalue weighted by Gasteiger charge is -2.21. The molecule has 0 unspecified atom stereocenters. The number of para-hydroxylation sites is 2. The Kier molecular flexibility index (Phi) is 4.86. The molecule has 7 heteroatoms. The number of amides is 1. The first-order valence-corrected chi connectivity index (χ1v) is 10.3. The highest BCUT2D eigenvalue weighted by molar-refractivity contribution is 7.13. The summed E-state index contributed by atoms with van der Waals surface area (Å²) in [7, 11) is 0. The van der Waals surface area contributed by atoms with Gasteiger partial charge in [0.1, 0.15) is 4.88 Å². The molecule has 6 nitrogen and oxygen atoms in total. The summed E-state index contributed by atoms with van der Waals surface area (Å²) in [6, 6.07) is 8.06. The van der Waals surface area contributed by atoms with E-state index in [1.54, 1.807) is 11.3 Å². The average Bonchev–Trinajstić information content (AvgIpc) is 3.17. The van der Waals surface area contributed by atoms with Crippen LogP contribution in [0.1, 0.15) is 46.6 Å². The Labute approximate surface area is 163 Å². The van der Waals surface area contributed by atoms with Crippen LogP contribution in [0, 0.1) is 6.92 Å². The van der Waals surface area contributed by atoms with Crippen molar-refractivity contribution >= 4 is 34.2 Å². The maximum absolute atomic E-state index is 13.0. The number of aryl methyl sites for hydroxylation is 1. The van der Waals surface area contributed by atoms with Crippen LogP contribution in [0.2, 0.25) is 0 Å². The van der Waals surface area contributed by atoms with E-state index in [0.29, 0.717) is 12.5 Å². The summed E-state index contributed by atoms with van der Waals surface area (Å²) < 4.78 is 0. The molecule has 1 fully saturated rings. The van der Waals surface area contributed by atoms with Crippen molar-refractivity contribution in [2.45, 2.75) is 33.1 Å². The highest BCUT2D eigenvalue weighted by Gasteiger charge is 2.25. The van der Waals surface area contributed by atoms with Crippen LogP contribution in [0.5, 0.6) is 0 Å². The lowest BCUT2D eigenvalue weighted by molar-refractivity contribution is 0.0771. The van der Waals surface area contributed by atoms with Crippen LogP contribution in [0.15, 0.2) is 24.3 Å². The van der Waals surface area contributed by atoms with E-state index in [4.69, 9.17) is 4.98 Å². The van der Waals surface area contributed by atoms with E-state index in [2.05, 4.69) is 28.7 Å². The molecule has 1 N–H and O–H groups in total.